The predicted octanol–water partition coefficient (Wildman–Crippen LogP) is 3.43. The van der Waals surface area contributed by atoms with E-state index in [9.17, 15) is 9.90 Å². The molecule has 0 radical (unpaired) electrons. The molecular weight excluding hydrogens is 304 g/mol. The summed E-state index contributed by atoms with van der Waals surface area (Å²) in [6.45, 7) is 6.06. The molecule has 0 aliphatic heterocycles. The molecule has 1 aliphatic carbocycles. The summed E-state index contributed by atoms with van der Waals surface area (Å²) in [5.74, 6) is -0.116. The first-order valence-corrected chi connectivity index (χ1v) is 8.12. The van der Waals surface area contributed by atoms with Gasteiger partial charge in [0.25, 0.3) is 0 Å². The lowest BCUT2D eigenvalue weighted by molar-refractivity contribution is -0.140. The zero-order chi connectivity index (χ0) is 17.5. The third-order valence-electron chi connectivity index (χ3n) is 4.83. The van der Waals surface area contributed by atoms with E-state index in [1.807, 2.05) is 37.3 Å². The summed E-state index contributed by atoms with van der Waals surface area (Å²) >= 11 is 0. The van der Waals surface area contributed by atoms with Gasteiger partial charge in [-0.3, -0.25) is 4.79 Å². The van der Waals surface area contributed by atoms with Crippen molar-refractivity contribution >= 4 is 5.97 Å². The van der Waals surface area contributed by atoms with Crippen LogP contribution in [0.5, 0.6) is 5.75 Å². The number of hydrogen-bond acceptors (Lipinski definition) is 4. The average Bonchev–Trinajstić information content (AvgIpc) is 3.32. The van der Waals surface area contributed by atoms with Crippen LogP contribution in [0.3, 0.4) is 0 Å². The van der Waals surface area contributed by atoms with Crippen molar-refractivity contribution in [3.63, 3.8) is 0 Å². The number of carboxylic acid groups (broad SMARTS) is 1. The summed E-state index contributed by atoms with van der Waals surface area (Å²) in [7, 11) is 1.57. The molecule has 126 valence electrons. The van der Waals surface area contributed by atoms with E-state index in [1.54, 1.807) is 7.11 Å². The molecule has 1 saturated carbocycles. The number of methoxy groups -OCH3 is 1. The van der Waals surface area contributed by atoms with Crippen molar-refractivity contribution in [2.24, 2.45) is 0 Å². The van der Waals surface area contributed by atoms with Gasteiger partial charge in [0.1, 0.15) is 11.2 Å². The van der Waals surface area contributed by atoms with Gasteiger partial charge in [0.2, 0.25) is 0 Å². The third kappa shape index (κ3) is 2.54. The minimum atomic E-state index is -0.981. The van der Waals surface area contributed by atoms with Gasteiger partial charge < -0.3 is 9.84 Å². The van der Waals surface area contributed by atoms with Crippen LogP contribution in [0.25, 0.3) is 0 Å². The van der Waals surface area contributed by atoms with E-state index in [4.69, 9.17) is 4.74 Å². The lowest BCUT2D eigenvalue weighted by Gasteiger charge is -2.17. The van der Waals surface area contributed by atoms with Crippen LogP contribution in [-0.2, 0) is 10.2 Å². The number of ether oxygens (including phenoxy) is 1. The molecule has 0 bridgehead atoms. The summed E-state index contributed by atoms with van der Waals surface area (Å²) in [6, 6.07) is 9.50. The Kier molecular flexibility index (Phi) is 4.03. The second kappa shape index (κ2) is 5.89. The van der Waals surface area contributed by atoms with E-state index in [1.165, 1.54) is 0 Å². The Balaban J connectivity index is 2.01. The van der Waals surface area contributed by atoms with Crippen molar-refractivity contribution in [1.29, 1.82) is 0 Å². The van der Waals surface area contributed by atoms with Crippen molar-refractivity contribution in [2.45, 2.75) is 44.4 Å². The molecule has 5 heteroatoms. The minimum Gasteiger partial charge on any atom is -0.496 e. The Labute approximate surface area is 141 Å². The topological polar surface area (TPSA) is 72.3 Å². The molecule has 5 nitrogen and oxygen atoms in total. The van der Waals surface area contributed by atoms with Crippen LogP contribution in [0.1, 0.15) is 54.6 Å². The highest BCUT2D eigenvalue weighted by atomic mass is 16.5. The number of benzene rings is 1. The number of aliphatic carboxylic acids is 1. The molecule has 0 unspecified atom stereocenters. The van der Waals surface area contributed by atoms with Gasteiger partial charge in [-0.25, -0.2) is 0 Å². The molecule has 1 fully saturated rings. The first-order valence-electron chi connectivity index (χ1n) is 8.12. The molecule has 24 heavy (non-hydrogen) atoms. The maximum Gasteiger partial charge on any atom is 0.314 e. The zero-order valence-electron chi connectivity index (χ0n) is 14.4. The van der Waals surface area contributed by atoms with Gasteiger partial charge in [0, 0.05) is 11.5 Å². The molecule has 3 rings (SSSR count). The van der Waals surface area contributed by atoms with E-state index in [0.29, 0.717) is 18.1 Å². The van der Waals surface area contributed by atoms with Crippen molar-refractivity contribution in [3.8, 4) is 5.75 Å². The molecule has 0 spiro atoms. The molecule has 2 atom stereocenters. The van der Waals surface area contributed by atoms with Crippen LogP contribution in [0.4, 0.5) is 0 Å². The summed E-state index contributed by atoms with van der Waals surface area (Å²) < 4.78 is 5.41. The zero-order valence-corrected chi connectivity index (χ0v) is 14.4. The van der Waals surface area contributed by atoms with Gasteiger partial charge in [-0.05, 0) is 37.5 Å². The predicted molar refractivity (Wildman–Crippen MR) is 90.5 cm³/mol. The van der Waals surface area contributed by atoms with Crippen LogP contribution in [0.15, 0.2) is 30.3 Å². The second-order valence-corrected chi connectivity index (χ2v) is 6.77. The van der Waals surface area contributed by atoms with Gasteiger partial charge in [-0.15, -0.1) is 0 Å². The molecular formula is C19H22N2O3. The maximum absolute atomic E-state index is 12.1. The number of nitrogens with zero attached hydrogens (tertiary/aromatic N) is 2. The number of carbonyl (C=O) groups is 1. The van der Waals surface area contributed by atoms with E-state index < -0.39 is 11.4 Å². The number of carboxylic acids is 1. The monoisotopic (exact) mass is 326 g/mol. The SMILES string of the molecule is COc1ccc(C)cc1[C@]1(C(=O)O)C[C@@H]1c1ccc(C(C)C)nn1. The minimum absolute atomic E-state index is 0.181. The smallest absolute Gasteiger partial charge is 0.314 e. The van der Waals surface area contributed by atoms with Gasteiger partial charge in [0.05, 0.1) is 18.5 Å². The summed E-state index contributed by atoms with van der Waals surface area (Å²) in [6.07, 6.45) is 0.512. The van der Waals surface area contributed by atoms with Crippen LogP contribution in [0.2, 0.25) is 0 Å². The fraction of sp³-hybridized carbons (Fsp3) is 0.421. The Bertz CT molecular complexity index is 771. The summed E-state index contributed by atoms with van der Waals surface area (Å²) in [4.78, 5) is 12.1. The lowest BCUT2D eigenvalue weighted by atomic mass is 9.90. The highest BCUT2D eigenvalue weighted by Crippen LogP contribution is 2.62. The Morgan fingerprint density at radius 3 is 2.58 bits per heavy atom. The van der Waals surface area contributed by atoms with Crippen molar-refractivity contribution in [1.82, 2.24) is 10.2 Å². The fourth-order valence-electron chi connectivity index (χ4n) is 3.29. The maximum atomic E-state index is 12.1. The Morgan fingerprint density at radius 1 is 1.29 bits per heavy atom. The quantitative estimate of drug-likeness (QED) is 0.911. The van der Waals surface area contributed by atoms with Crippen molar-refractivity contribution < 1.29 is 14.6 Å². The number of aromatic nitrogens is 2. The second-order valence-electron chi connectivity index (χ2n) is 6.77. The van der Waals surface area contributed by atoms with Crippen molar-refractivity contribution in [2.75, 3.05) is 7.11 Å². The number of rotatable bonds is 5. The van der Waals surface area contributed by atoms with Crippen LogP contribution in [-0.4, -0.2) is 28.4 Å². The Hall–Kier alpha value is -2.43. The van der Waals surface area contributed by atoms with E-state index in [0.717, 1.165) is 22.5 Å². The van der Waals surface area contributed by atoms with Crippen molar-refractivity contribution in [3.05, 3.63) is 52.8 Å². The average molecular weight is 326 g/mol. The third-order valence-corrected chi connectivity index (χ3v) is 4.83. The number of aryl methyl sites for hydroxylation is 1. The summed E-state index contributed by atoms with van der Waals surface area (Å²) in [5.41, 5.74) is 2.39. The van der Waals surface area contributed by atoms with Crippen LogP contribution >= 0.6 is 0 Å². The van der Waals surface area contributed by atoms with Gasteiger partial charge in [0.15, 0.2) is 0 Å². The molecule has 0 amide bonds. The largest absolute Gasteiger partial charge is 0.496 e. The highest BCUT2D eigenvalue weighted by molar-refractivity contribution is 5.88. The first kappa shape index (κ1) is 16.4. The van der Waals surface area contributed by atoms with Crippen LogP contribution < -0.4 is 4.74 Å². The van der Waals surface area contributed by atoms with Crippen LogP contribution in [0, 0.1) is 6.92 Å². The molecule has 1 N–H and O–H groups in total. The molecule has 1 aromatic heterocycles. The molecule has 2 aromatic rings. The van der Waals surface area contributed by atoms with E-state index >= 15 is 0 Å². The molecule has 1 heterocycles. The molecule has 1 aliphatic rings. The Morgan fingerprint density at radius 2 is 2.04 bits per heavy atom. The molecule has 0 saturated heterocycles. The van der Waals surface area contributed by atoms with Gasteiger partial charge in [-0.2, -0.15) is 10.2 Å². The normalized spacial score (nSPS) is 22.5. The van der Waals surface area contributed by atoms with Gasteiger partial charge >= 0.3 is 5.97 Å². The van der Waals surface area contributed by atoms with E-state index in [-0.39, 0.29) is 5.92 Å². The molecule has 1 aromatic carbocycles. The van der Waals surface area contributed by atoms with E-state index in [2.05, 4.69) is 24.0 Å². The first-order chi connectivity index (χ1) is 11.4. The fourth-order valence-corrected chi connectivity index (χ4v) is 3.29. The lowest BCUT2D eigenvalue weighted by Crippen LogP contribution is -2.23. The summed E-state index contributed by atoms with van der Waals surface area (Å²) in [5, 5.41) is 18.5. The highest BCUT2D eigenvalue weighted by Gasteiger charge is 2.64. The number of hydrogen-bond donors (Lipinski definition) is 1. The van der Waals surface area contributed by atoms with Gasteiger partial charge in [-0.1, -0.05) is 31.5 Å². The standard InChI is InChI=1S/C19H22N2O3/c1-11(2)15-6-7-16(21-20-15)14-10-19(14,18(22)23)13-9-12(3)5-8-17(13)24-4/h5-9,11,14H,10H2,1-4H3,(H,22,23)/t14-,19-/m1/s1.